The number of aliphatic carboxylic acids is 1. The molecule has 98 valence electrons. The quantitative estimate of drug-likeness (QED) is 0.769. The van der Waals surface area contributed by atoms with Crippen molar-refractivity contribution in [2.24, 2.45) is 5.73 Å². The zero-order chi connectivity index (χ0) is 13.3. The molecule has 0 atom stereocenters. The Bertz CT molecular complexity index is 320. The van der Waals surface area contributed by atoms with Crippen LogP contribution in [0.15, 0.2) is 0 Å². The molecule has 1 aliphatic carbocycles. The van der Waals surface area contributed by atoms with Crippen LogP contribution in [-0.4, -0.2) is 40.0 Å². The van der Waals surface area contributed by atoms with Crippen molar-refractivity contribution in [1.82, 2.24) is 4.90 Å². The lowest BCUT2D eigenvalue weighted by molar-refractivity contribution is -0.155. The van der Waals surface area contributed by atoms with Gasteiger partial charge in [0.25, 0.3) is 0 Å². The highest BCUT2D eigenvalue weighted by Crippen LogP contribution is 2.31. The van der Waals surface area contributed by atoms with Gasteiger partial charge in [0.15, 0.2) is 0 Å². The molecule has 0 spiro atoms. The lowest BCUT2D eigenvalue weighted by atomic mass is 9.92. The zero-order valence-corrected chi connectivity index (χ0v) is 10.8. The zero-order valence-electron chi connectivity index (χ0n) is 10.8. The minimum absolute atomic E-state index is 0.193. The molecule has 0 saturated heterocycles. The van der Waals surface area contributed by atoms with E-state index in [2.05, 4.69) is 0 Å². The predicted octanol–water partition coefficient (Wildman–Crippen LogP) is 0.970. The Kier molecular flexibility index (Phi) is 3.81. The van der Waals surface area contributed by atoms with Gasteiger partial charge < -0.3 is 15.7 Å². The van der Waals surface area contributed by atoms with Crippen LogP contribution in [0.3, 0.4) is 0 Å². The lowest BCUT2D eigenvalue weighted by Crippen LogP contribution is -2.53. The Morgan fingerprint density at radius 1 is 1.35 bits per heavy atom. The van der Waals surface area contributed by atoms with Gasteiger partial charge in [-0.2, -0.15) is 0 Å². The van der Waals surface area contributed by atoms with E-state index in [1.165, 1.54) is 25.8 Å². The van der Waals surface area contributed by atoms with E-state index in [9.17, 15) is 9.59 Å². The van der Waals surface area contributed by atoms with E-state index < -0.39 is 17.0 Å². The fourth-order valence-corrected chi connectivity index (χ4v) is 2.13. The molecular formula is C12H22N2O3. The van der Waals surface area contributed by atoms with Crippen LogP contribution in [0.5, 0.6) is 0 Å². The van der Waals surface area contributed by atoms with E-state index in [0.717, 1.165) is 25.7 Å². The van der Waals surface area contributed by atoms with Crippen molar-refractivity contribution in [3.05, 3.63) is 0 Å². The second-order valence-electron chi connectivity index (χ2n) is 5.56. The highest BCUT2D eigenvalue weighted by molar-refractivity contribution is 5.86. The van der Waals surface area contributed by atoms with E-state index in [-0.39, 0.29) is 12.3 Å². The third kappa shape index (κ3) is 2.97. The van der Waals surface area contributed by atoms with E-state index in [4.69, 9.17) is 10.8 Å². The first-order chi connectivity index (χ1) is 7.69. The van der Waals surface area contributed by atoms with Crippen LogP contribution in [0.2, 0.25) is 0 Å². The summed E-state index contributed by atoms with van der Waals surface area (Å²) in [5, 5.41) is 9.06. The molecule has 0 aliphatic heterocycles. The number of likely N-dealkylation sites (N-methyl/N-ethyl adjacent to an activating group) is 1. The maximum Gasteiger partial charge on any atom is 0.329 e. The van der Waals surface area contributed by atoms with Crippen molar-refractivity contribution in [1.29, 1.82) is 0 Å². The van der Waals surface area contributed by atoms with Gasteiger partial charge in [0.1, 0.15) is 5.54 Å². The monoisotopic (exact) mass is 242 g/mol. The Morgan fingerprint density at radius 3 is 2.24 bits per heavy atom. The maximum atomic E-state index is 12.0. The molecule has 0 heterocycles. The molecule has 1 rings (SSSR count). The third-order valence-electron chi connectivity index (χ3n) is 3.84. The smallest absolute Gasteiger partial charge is 0.329 e. The van der Waals surface area contributed by atoms with E-state index in [1.807, 2.05) is 0 Å². The SMILES string of the molecule is CN(C(=O)CC1(N)CCCC1)C(C)(C)C(=O)O. The summed E-state index contributed by atoms with van der Waals surface area (Å²) in [4.78, 5) is 24.4. The topological polar surface area (TPSA) is 83.6 Å². The van der Waals surface area contributed by atoms with Crippen molar-refractivity contribution < 1.29 is 14.7 Å². The molecule has 3 N–H and O–H groups in total. The number of hydrogen-bond donors (Lipinski definition) is 2. The van der Waals surface area contributed by atoms with Crippen LogP contribution in [0.1, 0.15) is 46.0 Å². The van der Waals surface area contributed by atoms with Gasteiger partial charge in [-0.3, -0.25) is 4.79 Å². The van der Waals surface area contributed by atoms with Crippen LogP contribution in [0.25, 0.3) is 0 Å². The molecule has 0 aromatic heterocycles. The summed E-state index contributed by atoms with van der Waals surface area (Å²) in [6.07, 6.45) is 4.03. The molecule has 0 bridgehead atoms. The summed E-state index contributed by atoms with van der Waals surface area (Å²) in [6.45, 7) is 3.04. The van der Waals surface area contributed by atoms with Gasteiger partial charge in [0, 0.05) is 19.0 Å². The minimum atomic E-state index is -1.19. The number of amides is 1. The average Bonchev–Trinajstić information content (AvgIpc) is 2.63. The van der Waals surface area contributed by atoms with Gasteiger partial charge in [-0.25, -0.2) is 4.79 Å². The van der Waals surface area contributed by atoms with E-state index in [0.29, 0.717) is 0 Å². The first-order valence-electron chi connectivity index (χ1n) is 5.98. The molecule has 1 saturated carbocycles. The molecule has 0 radical (unpaired) electrons. The summed E-state index contributed by atoms with van der Waals surface area (Å²) >= 11 is 0. The first kappa shape index (κ1) is 14.0. The predicted molar refractivity (Wildman–Crippen MR) is 64.5 cm³/mol. The maximum absolute atomic E-state index is 12.0. The lowest BCUT2D eigenvalue weighted by Gasteiger charge is -2.34. The largest absolute Gasteiger partial charge is 0.480 e. The summed E-state index contributed by atoms with van der Waals surface area (Å²) < 4.78 is 0. The number of carboxylic acid groups (broad SMARTS) is 1. The van der Waals surface area contributed by atoms with Gasteiger partial charge in [0.2, 0.25) is 5.91 Å². The molecule has 1 fully saturated rings. The molecule has 0 unspecified atom stereocenters. The summed E-state index contributed by atoms with van der Waals surface area (Å²) in [6, 6.07) is 0. The number of nitrogens with two attached hydrogens (primary N) is 1. The number of nitrogens with zero attached hydrogens (tertiary/aromatic N) is 1. The van der Waals surface area contributed by atoms with Gasteiger partial charge in [-0.05, 0) is 26.7 Å². The Balaban J connectivity index is 2.67. The second kappa shape index (κ2) is 4.64. The molecule has 1 amide bonds. The van der Waals surface area contributed by atoms with Crippen molar-refractivity contribution in [3.8, 4) is 0 Å². The van der Waals surface area contributed by atoms with E-state index >= 15 is 0 Å². The van der Waals surface area contributed by atoms with Crippen molar-refractivity contribution in [2.45, 2.75) is 57.0 Å². The standard InChI is InChI=1S/C12H22N2O3/c1-11(2,10(16)17)14(3)9(15)8-12(13)6-4-5-7-12/h4-8,13H2,1-3H3,(H,16,17). The molecule has 5 nitrogen and oxygen atoms in total. The summed E-state index contributed by atoms with van der Waals surface area (Å²) in [5.41, 5.74) is 4.50. The van der Waals surface area contributed by atoms with Crippen molar-refractivity contribution in [3.63, 3.8) is 0 Å². The van der Waals surface area contributed by atoms with Gasteiger partial charge in [-0.1, -0.05) is 12.8 Å². The Hall–Kier alpha value is -1.10. The molecule has 0 aromatic rings. The van der Waals surface area contributed by atoms with Gasteiger partial charge >= 0.3 is 5.97 Å². The second-order valence-corrected chi connectivity index (χ2v) is 5.56. The molecule has 1 aliphatic rings. The summed E-state index contributed by atoms with van der Waals surface area (Å²) in [7, 11) is 1.52. The Labute approximate surface area is 102 Å². The highest BCUT2D eigenvalue weighted by atomic mass is 16.4. The van der Waals surface area contributed by atoms with Gasteiger partial charge in [-0.15, -0.1) is 0 Å². The van der Waals surface area contributed by atoms with Crippen molar-refractivity contribution in [2.75, 3.05) is 7.05 Å². The fraction of sp³-hybridized carbons (Fsp3) is 0.833. The van der Waals surface area contributed by atoms with Gasteiger partial charge in [0.05, 0.1) is 0 Å². The molecular weight excluding hydrogens is 220 g/mol. The summed E-state index contributed by atoms with van der Waals surface area (Å²) in [5.74, 6) is -1.20. The number of hydrogen-bond acceptors (Lipinski definition) is 3. The fourth-order valence-electron chi connectivity index (χ4n) is 2.13. The van der Waals surface area contributed by atoms with Crippen LogP contribution in [-0.2, 0) is 9.59 Å². The van der Waals surface area contributed by atoms with Crippen molar-refractivity contribution >= 4 is 11.9 Å². The third-order valence-corrected chi connectivity index (χ3v) is 3.84. The molecule has 0 aromatic carbocycles. The number of carboxylic acids is 1. The van der Waals surface area contributed by atoms with Crippen LogP contribution >= 0.6 is 0 Å². The normalized spacial score (nSPS) is 19.1. The molecule has 5 heteroatoms. The number of carbonyl (C=O) groups excluding carboxylic acids is 1. The number of rotatable bonds is 4. The van der Waals surface area contributed by atoms with Crippen LogP contribution in [0, 0.1) is 0 Å². The Morgan fingerprint density at radius 2 is 1.82 bits per heavy atom. The molecule has 17 heavy (non-hydrogen) atoms. The van der Waals surface area contributed by atoms with Crippen LogP contribution in [0.4, 0.5) is 0 Å². The van der Waals surface area contributed by atoms with Crippen LogP contribution < -0.4 is 5.73 Å². The average molecular weight is 242 g/mol. The number of carbonyl (C=O) groups is 2. The van der Waals surface area contributed by atoms with E-state index in [1.54, 1.807) is 0 Å². The first-order valence-corrected chi connectivity index (χ1v) is 5.98. The minimum Gasteiger partial charge on any atom is -0.480 e. The highest BCUT2D eigenvalue weighted by Gasteiger charge is 2.39.